The number of methoxy groups -OCH3 is 1. The van der Waals surface area contributed by atoms with Gasteiger partial charge in [-0.25, -0.2) is 4.98 Å². The quantitative estimate of drug-likeness (QED) is 0.298. The first kappa shape index (κ1) is 31.3. The van der Waals surface area contributed by atoms with Gasteiger partial charge in [0.2, 0.25) is 11.8 Å². The van der Waals surface area contributed by atoms with Gasteiger partial charge in [-0.1, -0.05) is 6.07 Å². The highest BCUT2D eigenvalue weighted by Gasteiger charge is 2.24. The van der Waals surface area contributed by atoms with Crippen LogP contribution in [-0.4, -0.2) is 88.7 Å². The van der Waals surface area contributed by atoms with Crippen molar-refractivity contribution < 1.29 is 28.6 Å². The number of nitrogens with zero attached hydrogens (tertiary/aromatic N) is 4. The molecule has 12 nitrogen and oxygen atoms in total. The molecule has 2 aliphatic heterocycles. The number of ether oxygens (including phenoxy) is 2. The van der Waals surface area contributed by atoms with Crippen LogP contribution in [0.15, 0.2) is 35.1 Å². The van der Waals surface area contributed by atoms with Gasteiger partial charge in [0.1, 0.15) is 18.2 Å². The zero-order chi connectivity index (χ0) is 31.2. The molecule has 1 saturated heterocycles. The molecule has 12 heteroatoms. The van der Waals surface area contributed by atoms with Crippen LogP contribution in [0.25, 0.3) is 0 Å². The number of carbonyl (C=O) groups is 2. The highest BCUT2D eigenvalue weighted by atomic mass is 16.5. The van der Waals surface area contributed by atoms with Gasteiger partial charge in [0.15, 0.2) is 12.2 Å². The normalized spacial score (nSPS) is 16.2. The molecule has 236 valence electrons. The molecule has 0 saturated carbocycles. The van der Waals surface area contributed by atoms with Crippen LogP contribution in [0.5, 0.6) is 11.6 Å². The van der Waals surface area contributed by atoms with E-state index in [0.717, 1.165) is 48.6 Å². The molecule has 0 spiro atoms. The van der Waals surface area contributed by atoms with E-state index in [4.69, 9.17) is 13.9 Å². The number of aromatic nitrogens is 2. The van der Waals surface area contributed by atoms with Crippen LogP contribution in [0, 0.1) is 13.8 Å². The Morgan fingerprint density at radius 2 is 1.98 bits per heavy atom. The topological polar surface area (TPSA) is 142 Å². The second-order valence-corrected chi connectivity index (χ2v) is 11.5. The standard InChI is InChI=1S/C32H42N6O6/c1-20-27-9-10-37(16-23(27)5-6-28(20)43-18-29-21(2)34-19-44-29)17-26(40)15-33-32(41)24-13-30(36-31(14-24)42-4)35-25-7-11-38(12-8-25)22(3)39/h5-6,13-14,19,25-26,40H,7-12,15-18H2,1-4H3,(H,33,41)(H,35,36). The molecule has 5 rings (SSSR count). The Kier molecular flexibility index (Phi) is 10.0. The number of β-amino-alcohol motifs (C(OH)–C–C–N with tert-alkyl or cyclic N) is 1. The highest BCUT2D eigenvalue weighted by molar-refractivity contribution is 5.95. The summed E-state index contributed by atoms with van der Waals surface area (Å²) in [7, 11) is 1.51. The minimum Gasteiger partial charge on any atom is -0.485 e. The minimum atomic E-state index is -0.734. The molecule has 1 aromatic carbocycles. The SMILES string of the molecule is COc1cc(C(=O)NCC(O)CN2CCc3c(ccc(OCc4ocnc4C)c3C)C2)cc(NC2CCN(C(C)=O)CC2)n1. The first-order chi connectivity index (χ1) is 21.2. The van der Waals surface area contributed by atoms with Crippen molar-refractivity contribution in [3.05, 3.63) is 64.4 Å². The molecule has 2 aliphatic rings. The lowest BCUT2D eigenvalue weighted by Gasteiger charge is -2.32. The summed E-state index contributed by atoms with van der Waals surface area (Å²) < 4.78 is 16.7. The molecule has 0 bridgehead atoms. The summed E-state index contributed by atoms with van der Waals surface area (Å²) in [6.07, 6.45) is 3.13. The smallest absolute Gasteiger partial charge is 0.251 e. The molecule has 0 aliphatic carbocycles. The van der Waals surface area contributed by atoms with Crippen LogP contribution < -0.4 is 20.1 Å². The molecule has 1 atom stereocenters. The second-order valence-electron chi connectivity index (χ2n) is 11.5. The van der Waals surface area contributed by atoms with Gasteiger partial charge in [0, 0.05) is 63.9 Å². The van der Waals surface area contributed by atoms with Crippen LogP contribution in [0.1, 0.15) is 58.3 Å². The minimum absolute atomic E-state index is 0.0826. The summed E-state index contributed by atoms with van der Waals surface area (Å²) in [5.41, 5.74) is 4.83. The predicted molar refractivity (Wildman–Crippen MR) is 164 cm³/mol. The number of anilines is 1. The molecule has 3 N–H and O–H groups in total. The number of hydrogen-bond acceptors (Lipinski definition) is 10. The Bertz CT molecular complexity index is 1470. The Morgan fingerprint density at radius 1 is 1.18 bits per heavy atom. The van der Waals surface area contributed by atoms with Crippen molar-refractivity contribution in [2.24, 2.45) is 0 Å². The average molecular weight is 607 g/mol. The van der Waals surface area contributed by atoms with Crippen LogP contribution in [-0.2, 0) is 24.4 Å². The van der Waals surface area contributed by atoms with Crippen molar-refractivity contribution >= 4 is 17.6 Å². The molecule has 1 unspecified atom stereocenters. The average Bonchev–Trinajstić information content (AvgIpc) is 3.43. The summed E-state index contributed by atoms with van der Waals surface area (Å²) in [5.74, 6) is 2.19. The van der Waals surface area contributed by atoms with E-state index < -0.39 is 6.10 Å². The van der Waals surface area contributed by atoms with E-state index in [1.54, 1.807) is 19.1 Å². The lowest BCUT2D eigenvalue weighted by atomic mass is 9.94. The van der Waals surface area contributed by atoms with E-state index in [9.17, 15) is 14.7 Å². The van der Waals surface area contributed by atoms with Crippen LogP contribution in [0.3, 0.4) is 0 Å². The van der Waals surface area contributed by atoms with Crippen LogP contribution in [0.4, 0.5) is 5.82 Å². The van der Waals surface area contributed by atoms with Crippen molar-refractivity contribution in [2.75, 3.05) is 45.2 Å². The van der Waals surface area contributed by atoms with Crippen molar-refractivity contribution in [1.82, 2.24) is 25.1 Å². The molecule has 44 heavy (non-hydrogen) atoms. The summed E-state index contributed by atoms with van der Waals surface area (Å²) in [4.78, 5) is 37.3. The van der Waals surface area contributed by atoms with Crippen molar-refractivity contribution in [1.29, 1.82) is 0 Å². The fourth-order valence-electron chi connectivity index (χ4n) is 5.84. The third kappa shape index (κ3) is 7.67. The van der Waals surface area contributed by atoms with Gasteiger partial charge in [-0.2, -0.15) is 4.98 Å². The van der Waals surface area contributed by atoms with Crippen LogP contribution in [0.2, 0.25) is 0 Å². The van der Waals surface area contributed by atoms with E-state index in [-0.39, 0.29) is 24.4 Å². The van der Waals surface area contributed by atoms with E-state index in [1.165, 1.54) is 24.6 Å². The number of amides is 2. The lowest BCUT2D eigenvalue weighted by Crippen LogP contribution is -2.42. The number of oxazole rings is 1. The number of piperidine rings is 1. The maximum absolute atomic E-state index is 13.0. The third-order valence-electron chi connectivity index (χ3n) is 8.45. The van der Waals surface area contributed by atoms with Crippen molar-refractivity contribution in [3.63, 3.8) is 0 Å². The maximum atomic E-state index is 13.0. The fraction of sp³-hybridized carbons (Fsp3) is 0.500. The number of aliphatic hydroxyl groups is 1. The fourth-order valence-corrected chi connectivity index (χ4v) is 5.84. The second kappa shape index (κ2) is 14.1. The van der Waals surface area contributed by atoms with Gasteiger partial charge in [-0.3, -0.25) is 14.5 Å². The Hall–Kier alpha value is -4.16. The summed E-state index contributed by atoms with van der Waals surface area (Å²) >= 11 is 0. The number of fused-ring (bicyclic) bond motifs is 1. The number of carbonyl (C=O) groups excluding carboxylic acids is 2. The van der Waals surface area contributed by atoms with E-state index in [0.29, 0.717) is 50.0 Å². The number of pyridine rings is 1. The predicted octanol–water partition coefficient (Wildman–Crippen LogP) is 2.85. The zero-order valence-electron chi connectivity index (χ0n) is 25.9. The van der Waals surface area contributed by atoms with Gasteiger partial charge in [0.05, 0.1) is 18.9 Å². The number of likely N-dealkylation sites (tertiary alicyclic amines) is 1. The van der Waals surface area contributed by atoms with Gasteiger partial charge in [-0.05, 0) is 61.9 Å². The number of hydrogen-bond donors (Lipinski definition) is 3. The van der Waals surface area contributed by atoms with Gasteiger partial charge < -0.3 is 34.5 Å². The Morgan fingerprint density at radius 3 is 2.68 bits per heavy atom. The van der Waals surface area contributed by atoms with Gasteiger partial charge >= 0.3 is 0 Å². The van der Waals surface area contributed by atoms with Gasteiger partial charge in [0.25, 0.3) is 5.91 Å². The largest absolute Gasteiger partial charge is 0.485 e. The number of nitrogens with one attached hydrogen (secondary N) is 2. The summed E-state index contributed by atoms with van der Waals surface area (Å²) in [5, 5.41) is 17.0. The number of rotatable bonds is 11. The first-order valence-corrected chi connectivity index (χ1v) is 15.1. The number of benzene rings is 1. The molecule has 0 radical (unpaired) electrons. The molecule has 2 aromatic heterocycles. The summed E-state index contributed by atoms with van der Waals surface area (Å²) in [6, 6.07) is 7.49. The van der Waals surface area contributed by atoms with Gasteiger partial charge in [-0.15, -0.1) is 0 Å². The lowest BCUT2D eigenvalue weighted by molar-refractivity contribution is -0.129. The van der Waals surface area contributed by atoms with Crippen molar-refractivity contribution in [2.45, 2.75) is 65.3 Å². The van der Waals surface area contributed by atoms with Crippen molar-refractivity contribution in [3.8, 4) is 11.6 Å². The molecular weight excluding hydrogens is 564 g/mol. The van der Waals surface area contributed by atoms with E-state index in [2.05, 4.69) is 38.5 Å². The van der Waals surface area contributed by atoms with E-state index in [1.807, 2.05) is 17.9 Å². The third-order valence-corrected chi connectivity index (χ3v) is 8.45. The number of aliphatic hydroxyl groups excluding tert-OH is 1. The molecule has 1 fully saturated rings. The molecule has 2 amide bonds. The Balaban J connectivity index is 1.11. The molecular formula is C32H42N6O6. The molecule has 4 heterocycles. The highest BCUT2D eigenvalue weighted by Crippen LogP contribution is 2.30. The summed E-state index contributed by atoms with van der Waals surface area (Å²) in [6.45, 7) is 9.32. The first-order valence-electron chi connectivity index (χ1n) is 15.1. The zero-order valence-corrected chi connectivity index (χ0v) is 25.9. The monoisotopic (exact) mass is 606 g/mol. The molecule has 3 aromatic rings. The Labute approximate surface area is 257 Å². The number of aryl methyl sites for hydroxylation is 1. The maximum Gasteiger partial charge on any atom is 0.251 e. The van der Waals surface area contributed by atoms with E-state index >= 15 is 0 Å². The van der Waals surface area contributed by atoms with Crippen LogP contribution >= 0.6 is 0 Å².